The molecule has 3 atom stereocenters. The molecule has 32 heavy (non-hydrogen) atoms. The second kappa shape index (κ2) is 10.3. The van der Waals surface area contributed by atoms with E-state index in [9.17, 15) is 19.5 Å². The van der Waals surface area contributed by atoms with Gasteiger partial charge in [0.15, 0.2) is 6.04 Å². The van der Waals surface area contributed by atoms with Crippen LogP contribution in [0.25, 0.3) is 11.1 Å². The fourth-order valence-electron chi connectivity index (χ4n) is 3.91. The van der Waals surface area contributed by atoms with E-state index < -0.39 is 36.2 Å². The molecular weight excluding hydrogens is 412 g/mol. The number of benzene rings is 2. The Bertz CT molecular complexity index is 946. The molecule has 2 aromatic carbocycles. The summed E-state index contributed by atoms with van der Waals surface area (Å²) < 4.78 is 10.5. The summed E-state index contributed by atoms with van der Waals surface area (Å²) in [5.74, 6) is -1.93. The van der Waals surface area contributed by atoms with Crippen molar-refractivity contribution in [2.75, 3.05) is 13.7 Å². The number of methoxy groups -OCH3 is 1. The smallest absolute Gasteiger partial charge is 0.407 e. The molecule has 1 aliphatic carbocycles. The molecule has 8 heteroatoms. The second-order valence-corrected chi connectivity index (χ2v) is 7.70. The molecule has 8 nitrogen and oxygen atoms in total. The lowest BCUT2D eigenvalue weighted by molar-refractivity contribution is -0.145. The zero-order valence-electron chi connectivity index (χ0n) is 18.3. The zero-order chi connectivity index (χ0) is 23.3. The summed E-state index contributed by atoms with van der Waals surface area (Å²) in [4.78, 5) is 36.4. The first-order valence-corrected chi connectivity index (χ1v) is 10.5. The van der Waals surface area contributed by atoms with E-state index in [0.717, 1.165) is 22.3 Å². The molecule has 3 N–H and O–H groups in total. The summed E-state index contributed by atoms with van der Waals surface area (Å²) in [6.07, 6.45) is -1.20. The fourth-order valence-corrected chi connectivity index (χ4v) is 3.91. The third kappa shape index (κ3) is 4.91. The van der Waals surface area contributed by atoms with Crippen LogP contribution in [0.3, 0.4) is 0 Å². The van der Waals surface area contributed by atoms with E-state index in [-0.39, 0.29) is 18.9 Å². The summed E-state index contributed by atoms with van der Waals surface area (Å²) in [5, 5.41) is 14.3. The maximum absolute atomic E-state index is 12.5. The lowest BCUT2D eigenvalue weighted by Crippen LogP contribution is -2.55. The van der Waals surface area contributed by atoms with Crippen LogP contribution in [0.2, 0.25) is 0 Å². The first kappa shape index (κ1) is 23.3. The maximum atomic E-state index is 12.5. The van der Waals surface area contributed by atoms with E-state index in [0.29, 0.717) is 0 Å². The molecule has 0 aliphatic heterocycles. The highest BCUT2D eigenvalue weighted by molar-refractivity contribution is 5.89. The highest BCUT2D eigenvalue weighted by Gasteiger charge is 2.31. The van der Waals surface area contributed by atoms with Crippen molar-refractivity contribution in [2.24, 2.45) is 0 Å². The van der Waals surface area contributed by atoms with Crippen molar-refractivity contribution in [1.29, 1.82) is 0 Å². The minimum atomic E-state index is -1.23. The molecule has 0 radical (unpaired) electrons. The number of alkyl carbamates (subject to hydrolysis) is 1. The topological polar surface area (TPSA) is 114 Å². The lowest BCUT2D eigenvalue weighted by Gasteiger charge is -2.23. The molecule has 0 saturated carbocycles. The first-order valence-electron chi connectivity index (χ1n) is 10.5. The van der Waals surface area contributed by atoms with Gasteiger partial charge in [-0.2, -0.15) is 0 Å². The van der Waals surface area contributed by atoms with Crippen LogP contribution in [0, 0.1) is 0 Å². The van der Waals surface area contributed by atoms with Crippen molar-refractivity contribution in [1.82, 2.24) is 10.6 Å². The lowest BCUT2D eigenvalue weighted by atomic mass is 9.98. The van der Waals surface area contributed by atoms with E-state index >= 15 is 0 Å². The molecule has 3 rings (SSSR count). The minimum absolute atomic E-state index is 0.0963. The Kier molecular flexibility index (Phi) is 7.48. The third-order valence-corrected chi connectivity index (χ3v) is 5.77. The number of carbonyl (C=O) groups is 3. The predicted octanol–water partition coefficient (Wildman–Crippen LogP) is 2.91. The Hall–Kier alpha value is -3.39. The molecule has 0 fully saturated rings. The average molecular weight is 440 g/mol. The monoisotopic (exact) mass is 440 g/mol. The van der Waals surface area contributed by atoms with E-state index in [2.05, 4.69) is 10.6 Å². The zero-order valence-corrected chi connectivity index (χ0v) is 18.3. The van der Waals surface area contributed by atoms with Crippen molar-refractivity contribution < 1.29 is 29.0 Å². The van der Waals surface area contributed by atoms with Gasteiger partial charge in [-0.25, -0.2) is 9.59 Å². The molecule has 170 valence electrons. The number of nitrogens with one attached hydrogen (secondary N) is 2. The van der Waals surface area contributed by atoms with Crippen LogP contribution in [0.5, 0.6) is 0 Å². The third-order valence-electron chi connectivity index (χ3n) is 5.77. The summed E-state index contributed by atoms with van der Waals surface area (Å²) in [7, 11) is 1.36. The summed E-state index contributed by atoms with van der Waals surface area (Å²) in [5.41, 5.74) is 4.41. The van der Waals surface area contributed by atoms with E-state index in [1.54, 1.807) is 13.8 Å². The summed E-state index contributed by atoms with van der Waals surface area (Å²) in [6.45, 7) is 3.37. The molecular formula is C24H28N2O6. The molecule has 0 bridgehead atoms. The number of carbonyl (C=O) groups excluding carboxylic acids is 2. The Morgan fingerprint density at radius 2 is 1.56 bits per heavy atom. The number of amides is 2. The number of ether oxygens (including phenoxy) is 2. The highest BCUT2D eigenvalue weighted by atomic mass is 16.5. The van der Waals surface area contributed by atoms with E-state index in [4.69, 9.17) is 9.47 Å². The van der Waals surface area contributed by atoms with Crippen LogP contribution >= 0.6 is 0 Å². The van der Waals surface area contributed by atoms with E-state index in [1.165, 1.54) is 7.11 Å². The first-order chi connectivity index (χ1) is 15.4. The Balaban J connectivity index is 1.63. The highest BCUT2D eigenvalue weighted by Crippen LogP contribution is 2.44. The molecule has 0 spiro atoms. The predicted molar refractivity (Wildman–Crippen MR) is 118 cm³/mol. The number of hydrogen-bond donors (Lipinski definition) is 3. The number of fused-ring (bicyclic) bond motifs is 3. The SMILES string of the molecule is CC[C@H](NC(=O)OCC1c2ccccc2-c2ccccc21)C(=O)NC(C(=O)O)C(C)OC. The molecule has 2 amide bonds. The van der Waals surface area contributed by atoms with Gasteiger partial charge in [0, 0.05) is 13.0 Å². The van der Waals surface area contributed by atoms with Gasteiger partial charge in [-0.3, -0.25) is 4.79 Å². The molecule has 2 aromatic rings. The number of carboxylic acids is 1. The van der Waals surface area contributed by atoms with Gasteiger partial charge in [0.2, 0.25) is 5.91 Å². The second-order valence-electron chi connectivity index (χ2n) is 7.70. The van der Waals surface area contributed by atoms with Crippen molar-refractivity contribution in [3.63, 3.8) is 0 Å². The molecule has 1 aliphatic rings. The van der Waals surface area contributed by atoms with Crippen LogP contribution in [-0.4, -0.2) is 55.0 Å². The van der Waals surface area contributed by atoms with Crippen LogP contribution < -0.4 is 10.6 Å². The number of rotatable bonds is 9. The number of carboxylic acid groups (broad SMARTS) is 1. The van der Waals surface area contributed by atoms with Crippen LogP contribution in [0.4, 0.5) is 4.79 Å². The fraction of sp³-hybridized carbons (Fsp3) is 0.375. The Morgan fingerprint density at radius 3 is 2.06 bits per heavy atom. The van der Waals surface area contributed by atoms with Crippen molar-refractivity contribution in [3.8, 4) is 11.1 Å². The normalized spacial score (nSPS) is 15.1. The number of aliphatic carboxylic acids is 1. The van der Waals surface area contributed by atoms with Crippen molar-refractivity contribution in [3.05, 3.63) is 59.7 Å². The number of hydrogen-bond acceptors (Lipinski definition) is 5. The van der Waals surface area contributed by atoms with Gasteiger partial charge in [-0.1, -0.05) is 55.5 Å². The van der Waals surface area contributed by atoms with E-state index in [1.807, 2.05) is 48.5 Å². The molecule has 0 heterocycles. The maximum Gasteiger partial charge on any atom is 0.407 e. The van der Waals surface area contributed by atoms with Crippen molar-refractivity contribution >= 4 is 18.0 Å². The quantitative estimate of drug-likeness (QED) is 0.553. The van der Waals surface area contributed by atoms with Crippen LogP contribution in [0.1, 0.15) is 37.3 Å². The summed E-state index contributed by atoms with van der Waals surface area (Å²) in [6, 6.07) is 13.8. The van der Waals surface area contributed by atoms with Gasteiger partial charge in [-0.05, 0) is 35.6 Å². The van der Waals surface area contributed by atoms with Crippen LogP contribution in [0.15, 0.2) is 48.5 Å². The standard InChI is InChI=1S/C24H28N2O6/c1-4-20(22(27)26-21(23(28)29)14(2)31-3)25-24(30)32-13-19-17-11-7-5-9-15(17)16-10-6-8-12-18(16)19/h5-12,14,19-21H,4,13H2,1-3H3,(H,25,30)(H,26,27)(H,28,29)/t14?,20-,21?/m0/s1. The van der Waals surface area contributed by atoms with Gasteiger partial charge < -0.3 is 25.2 Å². The molecule has 2 unspecified atom stereocenters. The Labute approximate surface area is 186 Å². The van der Waals surface area contributed by atoms with Gasteiger partial charge in [-0.15, -0.1) is 0 Å². The summed E-state index contributed by atoms with van der Waals surface area (Å²) >= 11 is 0. The molecule has 0 aromatic heterocycles. The van der Waals surface area contributed by atoms with Crippen molar-refractivity contribution in [2.45, 2.75) is 44.4 Å². The average Bonchev–Trinajstić information content (AvgIpc) is 3.12. The van der Waals surface area contributed by atoms with Gasteiger partial charge in [0.1, 0.15) is 12.6 Å². The molecule has 0 saturated heterocycles. The minimum Gasteiger partial charge on any atom is -0.480 e. The van der Waals surface area contributed by atoms with Gasteiger partial charge in [0.05, 0.1) is 6.10 Å². The van der Waals surface area contributed by atoms with Crippen LogP contribution in [-0.2, 0) is 19.1 Å². The van der Waals surface area contributed by atoms with Gasteiger partial charge >= 0.3 is 12.1 Å². The largest absolute Gasteiger partial charge is 0.480 e. The Morgan fingerprint density at radius 1 is 1.00 bits per heavy atom. The van der Waals surface area contributed by atoms with Gasteiger partial charge in [0.25, 0.3) is 0 Å².